The van der Waals surface area contributed by atoms with Gasteiger partial charge >= 0.3 is 0 Å². The third-order valence-electron chi connectivity index (χ3n) is 2.66. The van der Waals surface area contributed by atoms with Crippen LogP contribution in [0, 0.1) is 0 Å². The Balaban J connectivity index is 1.88. The van der Waals surface area contributed by atoms with E-state index in [4.69, 9.17) is 5.73 Å². The summed E-state index contributed by atoms with van der Waals surface area (Å²) in [4.78, 5) is 13.5. The maximum absolute atomic E-state index is 11.6. The van der Waals surface area contributed by atoms with Crippen molar-refractivity contribution in [1.82, 2.24) is 5.32 Å². The number of hydrogen-bond acceptors (Lipinski definition) is 3. The van der Waals surface area contributed by atoms with Crippen LogP contribution in [0.25, 0.3) is 0 Å². The zero-order valence-corrected chi connectivity index (χ0v) is 9.44. The first kappa shape index (κ1) is 10.8. The van der Waals surface area contributed by atoms with Gasteiger partial charge in [0.2, 0.25) is 5.91 Å². The molecule has 0 aliphatic heterocycles. The molecule has 0 spiro atoms. The molecule has 1 fully saturated rings. The largest absolute Gasteiger partial charge is 0.399 e. The number of benzene rings is 1. The normalized spacial score (nSPS) is 14.6. The van der Waals surface area contributed by atoms with Crippen molar-refractivity contribution >= 4 is 17.3 Å². The minimum atomic E-state index is 0.0850. The van der Waals surface area contributed by atoms with Gasteiger partial charge in [0.1, 0.15) is 0 Å². The molecule has 1 aromatic rings. The predicted molar refractivity (Wildman–Crippen MR) is 65.3 cm³/mol. The fourth-order valence-electron chi connectivity index (χ4n) is 1.54. The molecule has 4 heteroatoms. The molecule has 0 saturated heterocycles. The minimum Gasteiger partial charge on any atom is -0.399 e. The van der Waals surface area contributed by atoms with Crippen molar-refractivity contribution in [2.75, 3.05) is 24.2 Å². The molecule has 0 radical (unpaired) electrons. The van der Waals surface area contributed by atoms with Gasteiger partial charge < -0.3 is 16.0 Å². The van der Waals surface area contributed by atoms with Crippen molar-refractivity contribution in [2.45, 2.75) is 18.9 Å². The van der Waals surface area contributed by atoms with Gasteiger partial charge in [-0.1, -0.05) is 0 Å². The molecular weight excluding hydrogens is 202 g/mol. The number of carbonyl (C=O) groups excluding carboxylic acids is 1. The van der Waals surface area contributed by atoms with Gasteiger partial charge in [-0.25, -0.2) is 0 Å². The Kier molecular flexibility index (Phi) is 2.99. The van der Waals surface area contributed by atoms with Crippen LogP contribution in [-0.4, -0.2) is 25.5 Å². The summed E-state index contributed by atoms with van der Waals surface area (Å²) in [6.45, 7) is 0.389. The highest BCUT2D eigenvalue weighted by molar-refractivity contribution is 5.81. The quantitative estimate of drug-likeness (QED) is 0.742. The number of likely N-dealkylation sites (N-methyl/N-ethyl adjacent to an activating group) is 1. The topological polar surface area (TPSA) is 58.4 Å². The molecule has 16 heavy (non-hydrogen) atoms. The van der Waals surface area contributed by atoms with E-state index < -0.39 is 0 Å². The zero-order chi connectivity index (χ0) is 11.5. The predicted octanol–water partition coefficient (Wildman–Crippen LogP) is 0.984. The summed E-state index contributed by atoms with van der Waals surface area (Å²) < 4.78 is 0. The lowest BCUT2D eigenvalue weighted by atomic mass is 10.2. The lowest BCUT2D eigenvalue weighted by Gasteiger charge is -2.18. The van der Waals surface area contributed by atoms with Crippen LogP contribution >= 0.6 is 0 Å². The summed E-state index contributed by atoms with van der Waals surface area (Å²) in [7, 11) is 1.90. The third-order valence-corrected chi connectivity index (χ3v) is 2.66. The SMILES string of the molecule is CN(CC(=O)NC1CC1)c1ccc(N)cc1. The van der Waals surface area contributed by atoms with Crippen molar-refractivity contribution in [3.63, 3.8) is 0 Å². The van der Waals surface area contributed by atoms with Gasteiger partial charge in [0.15, 0.2) is 0 Å². The van der Waals surface area contributed by atoms with Crippen LogP contribution in [-0.2, 0) is 4.79 Å². The van der Waals surface area contributed by atoms with Crippen LogP contribution in [0.5, 0.6) is 0 Å². The molecule has 0 aromatic heterocycles. The molecule has 86 valence electrons. The Morgan fingerprint density at radius 1 is 1.44 bits per heavy atom. The van der Waals surface area contributed by atoms with Gasteiger partial charge in [-0.2, -0.15) is 0 Å². The Morgan fingerprint density at radius 2 is 2.06 bits per heavy atom. The Bertz CT molecular complexity index is 370. The smallest absolute Gasteiger partial charge is 0.239 e. The monoisotopic (exact) mass is 219 g/mol. The molecule has 1 saturated carbocycles. The Labute approximate surface area is 95.4 Å². The highest BCUT2D eigenvalue weighted by atomic mass is 16.2. The zero-order valence-electron chi connectivity index (χ0n) is 9.44. The van der Waals surface area contributed by atoms with Crippen LogP contribution in [0.3, 0.4) is 0 Å². The molecular formula is C12H17N3O. The molecule has 2 rings (SSSR count). The summed E-state index contributed by atoms with van der Waals surface area (Å²) in [6.07, 6.45) is 2.24. The lowest BCUT2D eigenvalue weighted by molar-refractivity contribution is -0.119. The number of rotatable bonds is 4. The number of nitrogen functional groups attached to an aromatic ring is 1. The summed E-state index contributed by atoms with van der Waals surface area (Å²) in [5.41, 5.74) is 7.34. The number of hydrogen-bond donors (Lipinski definition) is 2. The van der Waals surface area contributed by atoms with E-state index in [-0.39, 0.29) is 5.91 Å². The van der Waals surface area contributed by atoms with Crippen LogP contribution in [0.15, 0.2) is 24.3 Å². The fourth-order valence-corrected chi connectivity index (χ4v) is 1.54. The van der Waals surface area contributed by atoms with E-state index in [1.807, 2.05) is 36.2 Å². The second-order valence-corrected chi connectivity index (χ2v) is 4.29. The van der Waals surface area contributed by atoms with Crippen LogP contribution in [0.2, 0.25) is 0 Å². The average Bonchev–Trinajstić information content (AvgIpc) is 3.02. The standard InChI is InChI=1S/C12H17N3O/c1-15(8-12(16)14-10-4-5-10)11-6-2-9(13)3-7-11/h2-3,6-7,10H,4-5,8,13H2,1H3,(H,14,16). The van der Waals surface area contributed by atoms with Crippen LogP contribution in [0.1, 0.15) is 12.8 Å². The third kappa shape index (κ3) is 2.89. The average molecular weight is 219 g/mol. The highest BCUT2D eigenvalue weighted by Gasteiger charge is 2.23. The van der Waals surface area contributed by atoms with E-state index in [9.17, 15) is 4.79 Å². The second-order valence-electron chi connectivity index (χ2n) is 4.29. The van der Waals surface area contributed by atoms with E-state index in [1.165, 1.54) is 0 Å². The van der Waals surface area contributed by atoms with Gasteiger partial charge in [-0.15, -0.1) is 0 Å². The molecule has 1 aliphatic rings. The summed E-state index contributed by atoms with van der Waals surface area (Å²) in [6, 6.07) is 7.93. The van der Waals surface area contributed by atoms with Crippen molar-refractivity contribution in [2.24, 2.45) is 0 Å². The van der Waals surface area contributed by atoms with E-state index in [2.05, 4.69) is 5.32 Å². The fraction of sp³-hybridized carbons (Fsp3) is 0.417. The molecule has 1 amide bonds. The van der Waals surface area contributed by atoms with Gasteiger partial charge in [-0.3, -0.25) is 4.79 Å². The molecule has 1 aliphatic carbocycles. The van der Waals surface area contributed by atoms with Crippen LogP contribution < -0.4 is 16.0 Å². The van der Waals surface area contributed by atoms with E-state index >= 15 is 0 Å². The maximum atomic E-state index is 11.6. The molecule has 1 aromatic carbocycles. The Hall–Kier alpha value is -1.71. The number of amides is 1. The van der Waals surface area contributed by atoms with Gasteiger partial charge in [0, 0.05) is 24.5 Å². The number of carbonyl (C=O) groups is 1. The Morgan fingerprint density at radius 3 is 2.62 bits per heavy atom. The molecule has 0 atom stereocenters. The number of nitrogens with two attached hydrogens (primary N) is 1. The number of nitrogens with zero attached hydrogens (tertiary/aromatic N) is 1. The minimum absolute atomic E-state index is 0.0850. The highest BCUT2D eigenvalue weighted by Crippen LogP contribution is 2.19. The van der Waals surface area contributed by atoms with E-state index in [0.29, 0.717) is 12.6 Å². The number of anilines is 2. The van der Waals surface area contributed by atoms with Crippen molar-refractivity contribution in [1.29, 1.82) is 0 Å². The molecule has 0 unspecified atom stereocenters. The molecule has 0 bridgehead atoms. The van der Waals surface area contributed by atoms with E-state index in [0.717, 1.165) is 24.2 Å². The van der Waals surface area contributed by atoms with Crippen molar-refractivity contribution in [3.05, 3.63) is 24.3 Å². The first-order valence-corrected chi connectivity index (χ1v) is 5.51. The maximum Gasteiger partial charge on any atom is 0.239 e. The van der Waals surface area contributed by atoms with Crippen molar-refractivity contribution < 1.29 is 4.79 Å². The van der Waals surface area contributed by atoms with Crippen LogP contribution in [0.4, 0.5) is 11.4 Å². The second kappa shape index (κ2) is 4.43. The van der Waals surface area contributed by atoms with Gasteiger partial charge in [0.05, 0.1) is 6.54 Å². The van der Waals surface area contributed by atoms with Gasteiger partial charge in [0.25, 0.3) is 0 Å². The first-order chi connectivity index (χ1) is 7.65. The molecule has 0 heterocycles. The lowest BCUT2D eigenvalue weighted by Crippen LogP contribution is -2.36. The molecule has 3 N–H and O–H groups in total. The molecule has 4 nitrogen and oxygen atoms in total. The van der Waals surface area contributed by atoms with E-state index in [1.54, 1.807) is 0 Å². The summed E-state index contributed by atoms with van der Waals surface area (Å²) in [5, 5.41) is 2.96. The number of nitrogens with one attached hydrogen (secondary N) is 1. The van der Waals surface area contributed by atoms with Gasteiger partial charge in [-0.05, 0) is 37.1 Å². The summed E-state index contributed by atoms with van der Waals surface area (Å²) in [5.74, 6) is 0.0850. The van der Waals surface area contributed by atoms with Crippen molar-refractivity contribution in [3.8, 4) is 0 Å². The summed E-state index contributed by atoms with van der Waals surface area (Å²) >= 11 is 0. The first-order valence-electron chi connectivity index (χ1n) is 5.51.